The van der Waals surface area contributed by atoms with Gasteiger partial charge in [0.1, 0.15) is 12.7 Å². The van der Waals surface area contributed by atoms with Crippen molar-refractivity contribution in [2.24, 2.45) is 0 Å². The maximum atomic E-state index is 12.9. The molecule has 0 aliphatic heterocycles. The molecule has 0 aromatic carbocycles. The van der Waals surface area contributed by atoms with Crippen molar-refractivity contribution >= 4 is 25.7 Å². The number of phosphoric ester groups is 1. The summed E-state index contributed by atoms with van der Waals surface area (Å²) in [5, 5.41) is 9.81. The number of ether oxygens (including phenoxy) is 3. The van der Waals surface area contributed by atoms with Crippen molar-refractivity contribution in [1.29, 1.82) is 0 Å². The quantitative estimate of drug-likeness (QED) is 0.0197. The van der Waals surface area contributed by atoms with Crippen LogP contribution < -0.4 is 0 Å². The van der Waals surface area contributed by atoms with E-state index in [2.05, 4.69) is 69.4 Å². The first-order valence-corrected chi connectivity index (χ1v) is 33.0. The zero-order valence-corrected chi connectivity index (χ0v) is 50.1. The summed E-state index contributed by atoms with van der Waals surface area (Å²) in [4.78, 5) is 48.6. The number of aliphatic hydroxyl groups is 1. The topological polar surface area (TPSA) is 155 Å². The number of carbonyl (C=O) groups is 3. The highest BCUT2D eigenvalue weighted by atomic mass is 31.2. The summed E-state index contributed by atoms with van der Waals surface area (Å²) in [6.45, 7) is 4.64. The Labute approximate surface area is 466 Å². The molecule has 0 radical (unpaired) electrons. The summed E-state index contributed by atoms with van der Waals surface area (Å²) >= 11 is 0. The minimum Gasteiger partial charge on any atom is -0.462 e. The Morgan fingerprint density at radius 2 is 0.645 bits per heavy atom. The van der Waals surface area contributed by atoms with E-state index >= 15 is 0 Å². The summed E-state index contributed by atoms with van der Waals surface area (Å²) < 4.78 is 39.6. The molecule has 0 aromatic heterocycles. The lowest BCUT2D eigenvalue weighted by atomic mass is 10.1. The average molecular weight is 1090 g/mol. The number of hydrogen-bond acceptors (Lipinski definition) is 10. The summed E-state index contributed by atoms with van der Waals surface area (Å²) in [5.41, 5.74) is 0. The highest BCUT2D eigenvalue weighted by Crippen LogP contribution is 2.43. The van der Waals surface area contributed by atoms with E-state index in [1.807, 2.05) is 0 Å². The van der Waals surface area contributed by atoms with Gasteiger partial charge in [-0.05, 0) is 83.5 Å². The van der Waals surface area contributed by atoms with Gasteiger partial charge in [0.15, 0.2) is 6.10 Å². The molecule has 0 heterocycles. The van der Waals surface area contributed by atoms with E-state index in [0.717, 1.165) is 89.9 Å². The first-order valence-electron chi connectivity index (χ1n) is 31.5. The van der Waals surface area contributed by atoms with E-state index < -0.39 is 57.8 Å². The van der Waals surface area contributed by atoms with Gasteiger partial charge in [0, 0.05) is 19.3 Å². The van der Waals surface area contributed by atoms with Crippen LogP contribution in [0.4, 0.5) is 0 Å². The van der Waals surface area contributed by atoms with Crippen molar-refractivity contribution in [3.63, 3.8) is 0 Å². The van der Waals surface area contributed by atoms with Crippen molar-refractivity contribution in [1.82, 2.24) is 0 Å². The van der Waals surface area contributed by atoms with Crippen LogP contribution in [0.25, 0.3) is 0 Å². The van der Waals surface area contributed by atoms with Gasteiger partial charge in [-0.1, -0.05) is 249 Å². The van der Waals surface area contributed by atoms with Gasteiger partial charge in [-0.3, -0.25) is 23.4 Å². The molecule has 0 fully saturated rings. The van der Waals surface area contributed by atoms with Crippen molar-refractivity contribution in [2.45, 2.75) is 315 Å². The van der Waals surface area contributed by atoms with E-state index in [1.165, 1.54) is 154 Å². The highest BCUT2D eigenvalue weighted by Gasteiger charge is 2.28. The molecular weight excluding hydrogens is 976 g/mol. The molecule has 0 bridgehead atoms. The Morgan fingerprint density at radius 1 is 0.368 bits per heavy atom. The SMILES string of the molecule is CCCCC/C=C\C/C=C\C/C=C\CCCCCCCCC(=O)OCC(COP(=O)(O)OCC(CO)OC(=O)CCCCCCCCCCCCC)OC(=O)CCCCCCCCCCC/C=C\CCCCCCCC. The van der Waals surface area contributed by atoms with Gasteiger partial charge < -0.3 is 24.2 Å². The number of aliphatic hydroxyl groups excluding tert-OH is 1. The van der Waals surface area contributed by atoms with Crippen LogP contribution in [-0.2, 0) is 42.2 Å². The summed E-state index contributed by atoms with van der Waals surface area (Å²) in [6, 6.07) is 0. The lowest BCUT2D eigenvalue weighted by Crippen LogP contribution is -2.30. The first-order chi connectivity index (χ1) is 37.2. The molecule has 11 nitrogen and oxygen atoms in total. The molecule has 76 heavy (non-hydrogen) atoms. The van der Waals surface area contributed by atoms with Crippen LogP contribution in [0.2, 0.25) is 0 Å². The van der Waals surface area contributed by atoms with E-state index in [-0.39, 0.29) is 25.9 Å². The largest absolute Gasteiger partial charge is 0.472 e. The van der Waals surface area contributed by atoms with E-state index in [1.54, 1.807) is 0 Å². The fourth-order valence-electron chi connectivity index (χ4n) is 8.89. The van der Waals surface area contributed by atoms with Crippen molar-refractivity contribution in [3.05, 3.63) is 48.6 Å². The molecule has 0 rings (SSSR count). The fraction of sp³-hybridized carbons (Fsp3) is 0.828. The molecule has 0 saturated heterocycles. The normalized spacial score (nSPS) is 13.6. The number of carbonyl (C=O) groups excluding carboxylic acids is 3. The predicted molar refractivity (Wildman–Crippen MR) is 316 cm³/mol. The minimum absolute atomic E-state index is 0.165. The van der Waals surface area contributed by atoms with Gasteiger partial charge in [-0.15, -0.1) is 0 Å². The standard InChI is InChI=1S/C64H117O11P/c1-4-7-10-13-16-19-22-24-26-28-30-32-34-36-39-41-44-47-50-53-62(66)71-57-61(75-64(68)55-52-49-46-43-40-37-35-33-31-29-27-25-23-20-17-14-11-8-5-2)59-73-76(69,70)72-58-60(56-65)74-63(67)54-51-48-45-42-38-21-18-15-12-9-6-3/h16,19,24-27,30,32,60-61,65H,4-15,17-18,20-23,28-29,31,33-59H2,1-3H3,(H,69,70)/b19-16-,26-24-,27-25-,32-30-. The second-order valence-corrected chi connectivity index (χ2v) is 22.7. The Hall–Kier alpha value is -2.56. The number of phosphoric acid groups is 1. The molecule has 3 unspecified atom stereocenters. The Kier molecular flexibility index (Phi) is 56.6. The number of rotatable bonds is 59. The van der Waals surface area contributed by atoms with E-state index in [4.69, 9.17) is 23.3 Å². The van der Waals surface area contributed by atoms with Crippen LogP contribution in [0.5, 0.6) is 0 Å². The summed E-state index contributed by atoms with van der Waals surface area (Å²) in [5.74, 6) is -1.46. The smallest absolute Gasteiger partial charge is 0.462 e. The van der Waals surface area contributed by atoms with Gasteiger partial charge in [-0.2, -0.15) is 0 Å². The molecule has 0 aliphatic carbocycles. The summed E-state index contributed by atoms with van der Waals surface area (Å²) in [6.07, 6.45) is 63.5. The third-order valence-corrected chi connectivity index (χ3v) is 14.7. The molecule has 0 aromatic rings. The van der Waals surface area contributed by atoms with Crippen molar-refractivity contribution < 1.29 is 52.2 Å². The molecule has 444 valence electrons. The summed E-state index contributed by atoms with van der Waals surface area (Å²) in [7, 11) is -4.75. The van der Waals surface area contributed by atoms with Crippen LogP contribution in [0, 0.1) is 0 Å². The molecule has 12 heteroatoms. The average Bonchev–Trinajstić information content (AvgIpc) is 3.41. The molecule has 2 N–H and O–H groups in total. The Morgan fingerprint density at radius 3 is 1.03 bits per heavy atom. The van der Waals surface area contributed by atoms with Gasteiger partial charge in [0.25, 0.3) is 0 Å². The predicted octanol–water partition coefficient (Wildman–Crippen LogP) is 18.9. The van der Waals surface area contributed by atoms with Gasteiger partial charge >= 0.3 is 25.7 Å². The van der Waals surface area contributed by atoms with Crippen LogP contribution >= 0.6 is 7.82 Å². The second-order valence-electron chi connectivity index (χ2n) is 21.2. The zero-order valence-electron chi connectivity index (χ0n) is 49.2. The van der Waals surface area contributed by atoms with Crippen LogP contribution in [0.1, 0.15) is 303 Å². The van der Waals surface area contributed by atoms with E-state index in [0.29, 0.717) is 19.3 Å². The number of allylic oxidation sites excluding steroid dienone is 8. The lowest BCUT2D eigenvalue weighted by Gasteiger charge is -2.21. The maximum absolute atomic E-state index is 12.9. The van der Waals surface area contributed by atoms with Gasteiger partial charge in [-0.25, -0.2) is 4.57 Å². The molecular formula is C64H117O11P. The molecule has 3 atom stereocenters. The highest BCUT2D eigenvalue weighted by molar-refractivity contribution is 7.47. The molecule has 0 aliphatic rings. The molecule has 0 spiro atoms. The Balaban J connectivity index is 4.70. The van der Waals surface area contributed by atoms with Crippen LogP contribution in [-0.4, -0.2) is 66.5 Å². The number of unbranched alkanes of at least 4 members (excludes halogenated alkanes) is 34. The number of hydrogen-bond donors (Lipinski definition) is 2. The first kappa shape index (κ1) is 73.4. The fourth-order valence-corrected chi connectivity index (χ4v) is 9.67. The monoisotopic (exact) mass is 1090 g/mol. The third-order valence-electron chi connectivity index (χ3n) is 13.7. The zero-order chi connectivity index (χ0) is 55.5. The third kappa shape index (κ3) is 56.2. The van der Waals surface area contributed by atoms with Crippen molar-refractivity contribution in [2.75, 3.05) is 26.4 Å². The second kappa shape index (κ2) is 58.6. The molecule has 0 amide bonds. The number of esters is 3. The van der Waals surface area contributed by atoms with Crippen molar-refractivity contribution in [3.8, 4) is 0 Å². The minimum atomic E-state index is -4.75. The Bertz CT molecular complexity index is 1460. The van der Waals surface area contributed by atoms with Gasteiger partial charge in [0.05, 0.1) is 19.8 Å². The lowest BCUT2D eigenvalue weighted by molar-refractivity contribution is -0.161. The van der Waals surface area contributed by atoms with Crippen LogP contribution in [0.3, 0.4) is 0 Å². The molecule has 0 saturated carbocycles. The maximum Gasteiger partial charge on any atom is 0.472 e. The van der Waals surface area contributed by atoms with Gasteiger partial charge in [0.2, 0.25) is 0 Å². The van der Waals surface area contributed by atoms with E-state index in [9.17, 15) is 28.9 Å². The van der Waals surface area contributed by atoms with Crippen LogP contribution in [0.15, 0.2) is 48.6 Å².